The normalized spacial score (nSPS) is 13.3. The second-order valence-electron chi connectivity index (χ2n) is 4.17. The fourth-order valence-corrected chi connectivity index (χ4v) is 2.31. The molecule has 102 valence electrons. The molecule has 0 spiro atoms. The number of hydrogen-bond acceptors (Lipinski definition) is 4. The van der Waals surface area contributed by atoms with E-state index in [1.54, 1.807) is 19.2 Å². The third-order valence-corrected chi connectivity index (χ3v) is 3.70. The highest BCUT2D eigenvalue weighted by atomic mass is 35.5. The molecule has 6 heteroatoms. The van der Waals surface area contributed by atoms with Crippen molar-refractivity contribution in [3.63, 3.8) is 0 Å². The van der Waals surface area contributed by atoms with Gasteiger partial charge in [0.2, 0.25) is 0 Å². The van der Waals surface area contributed by atoms with E-state index in [9.17, 15) is 8.42 Å². The summed E-state index contributed by atoms with van der Waals surface area (Å²) in [6, 6.07) is 7.12. The van der Waals surface area contributed by atoms with Gasteiger partial charge in [0, 0.05) is 17.3 Å². The van der Waals surface area contributed by atoms with Crippen LogP contribution in [-0.4, -0.2) is 40.1 Å². The zero-order chi connectivity index (χ0) is 13.6. The smallest absolute Gasteiger partial charge is 0.147 e. The molecule has 0 aliphatic heterocycles. The van der Waals surface area contributed by atoms with Gasteiger partial charge in [-0.25, -0.2) is 8.42 Å². The first-order valence-electron chi connectivity index (χ1n) is 5.64. The highest BCUT2D eigenvalue weighted by Gasteiger charge is 2.11. The molecule has 0 aromatic heterocycles. The number of nitrogens with one attached hydrogen (secondary N) is 1. The Balaban J connectivity index is 2.44. The number of hydrogen-bond donors (Lipinski definition) is 1. The minimum Gasteiger partial charge on any atom is -0.492 e. The van der Waals surface area contributed by atoms with Gasteiger partial charge in [-0.15, -0.1) is 0 Å². The lowest BCUT2D eigenvalue weighted by molar-refractivity contribution is 0.267. The van der Waals surface area contributed by atoms with Crippen LogP contribution in [0.25, 0.3) is 0 Å². The quantitative estimate of drug-likeness (QED) is 0.831. The molecule has 0 saturated carbocycles. The van der Waals surface area contributed by atoms with Crippen LogP contribution in [0.1, 0.15) is 6.42 Å². The molecule has 0 radical (unpaired) electrons. The minimum absolute atomic E-state index is 0.00120. The molecule has 0 fully saturated rings. The monoisotopic (exact) mass is 291 g/mol. The topological polar surface area (TPSA) is 55.4 Å². The minimum atomic E-state index is -2.94. The van der Waals surface area contributed by atoms with Gasteiger partial charge in [0.25, 0.3) is 0 Å². The summed E-state index contributed by atoms with van der Waals surface area (Å²) in [7, 11) is -1.15. The molecule has 1 aromatic rings. The summed E-state index contributed by atoms with van der Waals surface area (Å²) in [6.45, 7) is 0.409. The average molecular weight is 292 g/mol. The highest BCUT2D eigenvalue weighted by molar-refractivity contribution is 7.90. The standard InChI is InChI=1S/C12H18ClNO3S/c1-14-11(6-7-18(2,15)16)9-17-12-5-3-4-10(13)8-12/h3-5,8,11,14H,6-7,9H2,1-2H3. The second kappa shape index (κ2) is 6.97. The van der Waals surface area contributed by atoms with Crippen molar-refractivity contribution in [2.24, 2.45) is 0 Å². The van der Waals surface area contributed by atoms with E-state index in [0.29, 0.717) is 23.8 Å². The van der Waals surface area contributed by atoms with Crippen LogP contribution in [0, 0.1) is 0 Å². The van der Waals surface area contributed by atoms with Crippen LogP contribution in [0.5, 0.6) is 5.75 Å². The van der Waals surface area contributed by atoms with Crippen molar-refractivity contribution in [1.29, 1.82) is 0 Å². The van der Waals surface area contributed by atoms with E-state index in [-0.39, 0.29) is 11.8 Å². The van der Waals surface area contributed by atoms with E-state index in [0.717, 1.165) is 0 Å². The van der Waals surface area contributed by atoms with Crippen LogP contribution in [0.3, 0.4) is 0 Å². The lowest BCUT2D eigenvalue weighted by atomic mass is 10.2. The molecule has 0 saturated heterocycles. The molecule has 1 rings (SSSR count). The fraction of sp³-hybridized carbons (Fsp3) is 0.500. The summed E-state index contributed by atoms with van der Waals surface area (Å²) in [4.78, 5) is 0. The Morgan fingerprint density at radius 3 is 2.72 bits per heavy atom. The summed E-state index contributed by atoms with van der Waals surface area (Å²) in [5.41, 5.74) is 0. The Bertz CT molecular complexity index is 476. The molecule has 4 nitrogen and oxygen atoms in total. The summed E-state index contributed by atoms with van der Waals surface area (Å²) >= 11 is 5.84. The lowest BCUT2D eigenvalue weighted by Crippen LogP contribution is -2.33. The number of rotatable bonds is 7. The van der Waals surface area contributed by atoms with E-state index < -0.39 is 9.84 Å². The Morgan fingerprint density at radius 1 is 1.44 bits per heavy atom. The van der Waals surface area contributed by atoms with Crippen molar-refractivity contribution in [3.8, 4) is 5.75 Å². The molecule has 0 amide bonds. The second-order valence-corrected chi connectivity index (χ2v) is 6.87. The zero-order valence-corrected chi connectivity index (χ0v) is 12.1. The van der Waals surface area contributed by atoms with Crippen LogP contribution in [0.2, 0.25) is 5.02 Å². The van der Waals surface area contributed by atoms with Crippen LogP contribution in [0.4, 0.5) is 0 Å². The number of halogens is 1. The van der Waals surface area contributed by atoms with Gasteiger partial charge < -0.3 is 10.1 Å². The average Bonchev–Trinajstić information content (AvgIpc) is 2.28. The largest absolute Gasteiger partial charge is 0.492 e. The van der Waals surface area contributed by atoms with E-state index in [1.165, 1.54) is 6.26 Å². The first kappa shape index (κ1) is 15.3. The molecule has 0 aliphatic carbocycles. The molecule has 0 aliphatic rings. The van der Waals surface area contributed by atoms with E-state index in [1.807, 2.05) is 12.1 Å². The van der Waals surface area contributed by atoms with Crippen LogP contribution in [0.15, 0.2) is 24.3 Å². The van der Waals surface area contributed by atoms with Crippen molar-refractivity contribution < 1.29 is 13.2 Å². The maximum absolute atomic E-state index is 11.1. The molecule has 1 N–H and O–H groups in total. The van der Waals surface area contributed by atoms with E-state index >= 15 is 0 Å². The predicted molar refractivity (Wildman–Crippen MR) is 74.1 cm³/mol. The van der Waals surface area contributed by atoms with Gasteiger partial charge in [-0.3, -0.25) is 0 Å². The van der Waals surface area contributed by atoms with Gasteiger partial charge in [0.1, 0.15) is 22.2 Å². The molecule has 0 heterocycles. The highest BCUT2D eigenvalue weighted by Crippen LogP contribution is 2.17. The van der Waals surface area contributed by atoms with E-state index in [2.05, 4.69) is 5.32 Å². The Kier molecular flexibility index (Phi) is 5.91. The maximum atomic E-state index is 11.1. The molecule has 18 heavy (non-hydrogen) atoms. The molecule has 1 atom stereocenters. The third kappa shape index (κ3) is 6.23. The Morgan fingerprint density at radius 2 is 2.17 bits per heavy atom. The van der Waals surface area contributed by atoms with E-state index in [4.69, 9.17) is 16.3 Å². The molecular weight excluding hydrogens is 274 g/mol. The van der Waals surface area contributed by atoms with Gasteiger partial charge >= 0.3 is 0 Å². The summed E-state index contributed by atoms with van der Waals surface area (Å²) in [5.74, 6) is 0.833. The van der Waals surface area contributed by atoms with Gasteiger partial charge in [0.05, 0.1) is 5.75 Å². The number of likely N-dealkylation sites (N-methyl/N-ethyl adjacent to an activating group) is 1. The van der Waals surface area contributed by atoms with Crippen molar-refractivity contribution >= 4 is 21.4 Å². The Labute approximate surface area is 113 Å². The summed E-state index contributed by atoms with van der Waals surface area (Å²) in [5, 5.41) is 3.65. The van der Waals surface area contributed by atoms with Crippen molar-refractivity contribution in [3.05, 3.63) is 29.3 Å². The van der Waals surface area contributed by atoms with Gasteiger partial charge in [-0.05, 0) is 31.7 Å². The summed E-state index contributed by atoms with van der Waals surface area (Å²) in [6.07, 6.45) is 1.76. The van der Waals surface area contributed by atoms with Crippen LogP contribution >= 0.6 is 11.6 Å². The zero-order valence-electron chi connectivity index (χ0n) is 10.5. The van der Waals surface area contributed by atoms with Crippen molar-refractivity contribution in [1.82, 2.24) is 5.32 Å². The van der Waals surface area contributed by atoms with Crippen LogP contribution < -0.4 is 10.1 Å². The van der Waals surface area contributed by atoms with Crippen molar-refractivity contribution in [2.45, 2.75) is 12.5 Å². The van der Waals surface area contributed by atoms with Gasteiger partial charge in [0.15, 0.2) is 0 Å². The van der Waals surface area contributed by atoms with Gasteiger partial charge in [-0.2, -0.15) is 0 Å². The number of sulfone groups is 1. The SMILES string of the molecule is CNC(CCS(C)(=O)=O)COc1cccc(Cl)c1. The first-order valence-corrected chi connectivity index (χ1v) is 8.08. The van der Waals surface area contributed by atoms with Crippen LogP contribution in [-0.2, 0) is 9.84 Å². The number of ether oxygens (including phenoxy) is 1. The van der Waals surface area contributed by atoms with Crippen molar-refractivity contribution in [2.75, 3.05) is 25.7 Å². The lowest BCUT2D eigenvalue weighted by Gasteiger charge is -2.16. The third-order valence-electron chi connectivity index (χ3n) is 2.49. The molecular formula is C12H18ClNO3S. The van der Waals surface area contributed by atoms with Gasteiger partial charge in [-0.1, -0.05) is 17.7 Å². The Hall–Kier alpha value is -0.780. The molecule has 1 unspecified atom stereocenters. The first-order chi connectivity index (χ1) is 8.40. The fourth-order valence-electron chi connectivity index (χ4n) is 1.42. The predicted octanol–water partition coefficient (Wildman–Crippen LogP) is 1.74. The number of benzene rings is 1. The molecule has 0 bridgehead atoms. The summed E-state index contributed by atoms with van der Waals surface area (Å²) < 4.78 is 27.7. The molecule has 1 aromatic carbocycles. The maximum Gasteiger partial charge on any atom is 0.147 e.